The molecule has 0 aromatic carbocycles. The lowest BCUT2D eigenvalue weighted by atomic mass is 10.4. The Kier molecular flexibility index (Phi) is 4.07. The van der Waals surface area contributed by atoms with Crippen LogP contribution in [0.2, 0.25) is 0 Å². The molecule has 20 heavy (non-hydrogen) atoms. The first kappa shape index (κ1) is 14.5. The number of nitrogens with zero attached hydrogens (tertiary/aromatic N) is 3. The van der Waals surface area contributed by atoms with Gasteiger partial charge in [0.05, 0.1) is 6.54 Å². The second-order valence-corrected chi connectivity index (χ2v) is 4.89. The molecule has 9 heteroatoms. The molecule has 0 aliphatic carbocycles. The minimum absolute atomic E-state index is 0.101. The molecule has 0 unspecified atom stereocenters. The van der Waals surface area contributed by atoms with E-state index in [9.17, 15) is 13.2 Å². The van der Waals surface area contributed by atoms with Crippen molar-refractivity contribution in [3.8, 4) is 0 Å². The fourth-order valence-electron chi connectivity index (χ4n) is 1.44. The number of alkyl halides is 3. The molecule has 2 aromatic heterocycles. The Hall–Kier alpha value is -1.90. The van der Waals surface area contributed by atoms with Crippen LogP contribution in [0.25, 0.3) is 0 Å². The Morgan fingerprint density at radius 3 is 2.45 bits per heavy atom. The molecule has 2 rings (SSSR count). The fourth-order valence-corrected chi connectivity index (χ4v) is 2.15. The number of anilines is 2. The zero-order valence-corrected chi connectivity index (χ0v) is 11.6. The third-order valence-electron chi connectivity index (χ3n) is 2.32. The quantitative estimate of drug-likeness (QED) is 0.909. The highest BCUT2D eigenvalue weighted by Gasteiger charge is 2.35. The number of aromatic nitrogens is 3. The summed E-state index contributed by atoms with van der Waals surface area (Å²) in [6.45, 7) is 2.17. The van der Waals surface area contributed by atoms with Crippen LogP contribution < -0.4 is 10.6 Å². The van der Waals surface area contributed by atoms with Crippen molar-refractivity contribution in [1.29, 1.82) is 0 Å². The minimum atomic E-state index is -4.58. The molecule has 0 saturated heterocycles. The molecule has 0 saturated carbocycles. The number of hydrogen-bond donors (Lipinski definition) is 2. The number of thiazole rings is 1. The molecule has 0 amide bonds. The molecule has 2 heterocycles. The summed E-state index contributed by atoms with van der Waals surface area (Å²) in [4.78, 5) is 11.1. The van der Waals surface area contributed by atoms with Gasteiger partial charge in [0.25, 0.3) is 0 Å². The molecule has 0 radical (unpaired) electrons. The van der Waals surface area contributed by atoms with Crippen molar-refractivity contribution >= 4 is 23.0 Å². The van der Waals surface area contributed by atoms with Crippen LogP contribution in [0.4, 0.5) is 24.8 Å². The molecular weight excluding hydrogens is 291 g/mol. The first-order valence-corrected chi connectivity index (χ1v) is 6.55. The normalized spacial score (nSPS) is 11.4. The molecule has 0 bridgehead atoms. The summed E-state index contributed by atoms with van der Waals surface area (Å²) in [5.41, 5.74) is 0.876. The summed E-state index contributed by atoms with van der Waals surface area (Å²) in [7, 11) is 1.50. The van der Waals surface area contributed by atoms with Gasteiger partial charge in [-0.15, -0.1) is 11.3 Å². The topological polar surface area (TPSA) is 62.7 Å². The van der Waals surface area contributed by atoms with Crippen molar-refractivity contribution in [3.05, 3.63) is 28.0 Å². The van der Waals surface area contributed by atoms with Gasteiger partial charge in [-0.2, -0.15) is 13.2 Å². The van der Waals surface area contributed by atoms with E-state index in [1.165, 1.54) is 24.5 Å². The zero-order chi connectivity index (χ0) is 14.8. The highest BCUT2D eigenvalue weighted by Crippen LogP contribution is 2.28. The van der Waals surface area contributed by atoms with Crippen LogP contribution in [0, 0.1) is 6.92 Å². The number of rotatable bonds is 4. The van der Waals surface area contributed by atoms with E-state index in [0.717, 1.165) is 10.7 Å². The van der Waals surface area contributed by atoms with Crippen molar-refractivity contribution in [2.45, 2.75) is 19.6 Å². The predicted octanol–water partition coefficient (Wildman–Crippen LogP) is 2.91. The number of halogens is 3. The van der Waals surface area contributed by atoms with Crippen LogP contribution in [0.1, 0.15) is 16.5 Å². The first-order chi connectivity index (χ1) is 9.38. The van der Waals surface area contributed by atoms with E-state index in [1.807, 2.05) is 12.3 Å². The summed E-state index contributed by atoms with van der Waals surface area (Å²) in [5, 5.41) is 8.05. The standard InChI is InChI=1S/C11H12F3N5S/c1-6-5-20-9(17-6)4-16-8-3-7(15-2)18-10(19-8)11(12,13)14/h3,5H,4H2,1-2H3,(H2,15,16,18,19). The third-order valence-corrected chi connectivity index (χ3v) is 3.29. The first-order valence-electron chi connectivity index (χ1n) is 5.67. The third kappa shape index (κ3) is 3.56. The molecule has 0 aliphatic rings. The lowest BCUT2D eigenvalue weighted by Gasteiger charge is -2.10. The van der Waals surface area contributed by atoms with Crippen LogP contribution in [-0.2, 0) is 12.7 Å². The van der Waals surface area contributed by atoms with E-state index in [4.69, 9.17) is 0 Å². The summed E-state index contributed by atoms with van der Waals surface area (Å²) in [5.74, 6) is -0.975. The van der Waals surface area contributed by atoms with Gasteiger partial charge in [0.15, 0.2) is 0 Å². The van der Waals surface area contributed by atoms with E-state index < -0.39 is 12.0 Å². The van der Waals surface area contributed by atoms with Crippen molar-refractivity contribution in [1.82, 2.24) is 15.0 Å². The molecule has 0 atom stereocenters. The maximum atomic E-state index is 12.7. The van der Waals surface area contributed by atoms with Gasteiger partial charge in [0.2, 0.25) is 5.82 Å². The zero-order valence-electron chi connectivity index (χ0n) is 10.7. The van der Waals surface area contributed by atoms with E-state index in [2.05, 4.69) is 25.6 Å². The summed E-state index contributed by atoms with van der Waals surface area (Å²) >= 11 is 1.43. The smallest absolute Gasteiger partial charge is 0.373 e. The lowest BCUT2D eigenvalue weighted by Crippen LogP contribution is -2.14. The molecule has 5 nitrogen and oxygen atoms in total. The predicted molar refractivity (Wildman–Crippen MR) is 70.8 cm³/mol. The highest BCUT2D eigenvalue weighted by atomic mass is 32.1. The monoisotopic (exact) mass is 303 g/mol. The van der Waals surface area contributed by atoms with E-state index >= 15 is 0 Å². The largest absolute Gasteiger partial charge is 0.451 e. The SMILES string of the molecule is CNc1cc(NCc2nc(C)cs2)nc(C(F)(F)F)n1. The summed E-state index contributed by atoms with van der Waals surface area (Å²) in [6.07, 6.45) is -4.58. The van der Waals surface area contributed by atoms with Gasteiger partial charge >= 0.3 is 6.18 Å². The van der Waals surface area contributed by atoms with E-state index in [0.29, 0.717) is 6.54 Å². The average molecular weight is 303 g/mol. The molecule has 2 aromatic rings. The Morgan fingerprint density at radius 2 is 1.90 bits per heavy atom. The van der Waals surface area contributed by atoms with Crippen LogP contribution in [0.5, 0.6) is 0 Å². The molecular formula is C11H12F3N5S. The Balaban J connectivity index is 2.18. The maximum Gasteiger partial charge on any atom is 0.451 e. The van der Waals surface area contributed by atoms with Gasteiger partial charge in [-0.05, 0) is 6.92 Å². The molecule has 0 fully saturated rings. The second-order valence-electron chi connectivity index (χ2n) is 3.95. The number of nitrogens with one attached hydrogen (secondary N) is 2. The summed E-state index contributed by atoms with van der Waals surface area (Å²) < 4.78 is 38.0. The van der Waals surface area contributed by atoms with Crippen LogP contribution >= 0.6 is 11.3 Å². The molecule has 2 N–H and O–H groups in total. The van der Waals surface area contributed by atoms with Crippen LogP contribution in [0.3, 0.4) is 0 Å². The lowest BCUT2D eigenvalue weighted by molar-refractivity contribution is -0.144. The average Bonchev–Trinajstić information content (AvgIpc) is 2.81. The maximum absolute atomic E-state index is 12.7. The van der Waals surface area contributed by atoms with Gasteiger partial charge in [-0.25, -0.2) is 15.0 Å². The Morgan fingerprint density at radius 1 is 1.20 bits per heavy atom. The van der Waals surface area contributed by atoms with Crippen molar-refractivity contribution in [3.63, 3.8) is 0 Å². The van der Waals surface area contributed by atoms with Gasteiger partial charge in [-0.3, -0.25) is 0 Å². The van der Waals surface area contributed by atoms with Gasteiger partial charge in [0.1, 0.15) is 16.6 Å². The number of aryl methyl sites for hydroxylation is 1. The Labute approximate surface area is 117 Å². The molecule has 0 aliphatic heterocycles. The van der Waals surface area contributed by atoms with Gasteiger partial charge in [0, 0.05) is 24.2 Å². The summed E-state index contributed by atoms with van der Waals surface area (Å²) in [6, 6.07) is 1.41. The van der Waals surface area contributed by atoms with Crippen LogP contribution in [0.15, 0.2) is 11.4 Å². The van der Waals surface area contributed by atoms with Gasteiger partial charge < -0.3 is 10.6 Å². The molecule has 0 spiro atoms. The van der Waals surface area contributed by atoms with Crippen LogP contribution in [-0.4, -0.2) is 22.0 Å². The number of hydrogen-bond acceptors (Lipinski definition) is 6. The van der Waals surface area contributed by atoms with E-state index in [-0.39, 0.29) is 11.6 Å². The minimum Gasteiger partial charge on any atom is -0.373 e. The van der Waals surface area contributed by atoms with Crippen molar-refractivity contribution in [2.24, 2.45) is 0 Å². The van der Waals surface area contributed by atoms with Gasteiger partial charge in [-0.1, -0.05) is 0 Å². The second kappa shape index (κ2) is 5.61. The highest BCUT2D eigenvalue weighted by molar-refractivity contribution is 7.09. The van der Waals surface area contributed by atoms with Crippen molar-refractivity contribution < 1.29 is 13.2 Å². The fraction of sp³-hybridized carbons (Fsp3) is 0.364. The van der Waals surface area contributed by atoms with Crippen molar-refractivity contribution in [2.75, 3.05) is 17.7 Å². The molecule has 108 valence electrons. The van der Waals surface area contributed by atoms with E-state index in [1.54, 1.807) is 0 Å². The Bertz CT molecular complexity index is 596.